The van der Waals surface area contributed by atoms with Gasteiger partial charge in [-0.3, -0.25) is 14.9 Å². The van der Waals surface area contributed by atoms with Crippen LogP contribution in [0.3, 0.4) is 0 Å². The standard InChI is InChI=1S/C12H10N2O4S2/c1-7-4-9(14(17)18)2-3-10(7)20-12-13-8(6-19-12)5-11(15)16/h2-4,6H,5H2,1H3,(H,15,16). The van der Waals surface area contributed by atoms with Crippen molar-refractivity contribution in [2.75, 3.05) is 0 Å². The Balaban J connectivity index is 2.15. The minimum Gasteiger partial charge on any atom is -0.481 e. The summed E-state index contributed by atoms with van der Waals surface area (Å²) in [5.41, 5.74) is 1.36. The molecule has 0 spiro atoms. The molecule has 8 heteroatoms. The molecule has 1 heterocycles. The van der Waals surface area contributed by atoms with E-state index in [1.807, 2.05) is 0 Å². The van der Waals surface area contributed by atoms with E-state index >= 15 is 0 Å². The first kappa shape index (κ1) is 14.5. The highest BCUT2D eigenvalue weighted by Crippen LogP contribution is 2.34. The first-order valence-corrected chi connectivity index (χ1v) is 7.24. The molecule has 0 fully saturated rings. The lowest BCUT2D eigenvalue weighted by Crippen LogP contribution is -1.99. The van der Waals surface area contributed by atoms with E-state index in [4.69, 9.17) is 5.11 Å². The van der Waals surface area contributed by atoms with Crippen molar-refractivity contribution in [1.29, 1.82) is 0 Å². The molecule has 0 bridgehead atoms. The van der Waals surface area contributed by atoms with Crippen molar-refractivity contribution in [3.63, 3.8) is 0 Å². The third kappa shape index (κ3) is 3.55. The number of aliphatic carboxylic acids is 1. The highest BCUT2D eigenvalue weighted by Gasteiger charge is 2.11. The van der Waals surface area contributed by atoms with E-state index in [9.17, 15) is 14.9 Å². The van der Waals surface area contributed by atoms with Crippen LogP contribution >= 0.6 is 23.1 Å². The summed E-state index contributed by atoms with van der Waals surface area (Å²) in [7, 11) is 0. The second-order valence-electron chi connectivity index (χ2n) is 3.98. The van der Waals surface area contributed by atoms with Gasteiger partial charge in [-0.15, -0.1) is 11.3 Å². The second-order valence-corrected chi connectivity index (χ2v) is 6.13. The van der Waals surface area contributed by atoms with Gasteiger partial charge in [-0.2, -0.15) is 0 Å². The van der Waals surface area contributed by atoms with Crippen molar-refractivity contribution < 1.29 is 14.8 Å². The van der Waals surface area contributed by atoms with Crippen LogP contribution in [0.5, 0.6) is 0 Å². The van der Waals surface area contributed by atoms with Crippen molar-refractivity contribution in [3.8, 4) is 0 Å². The molecule has 1 aromatic carbocycles. The Hall–Kier alpha value is -1.93. The number of hydrogen-bond acceptors (Lipinski definition) is 6. The summed E-state index contributed by atoms with van der Waals surface area (Å²) in [6.07, 6.45) is -0.101. The number of carbonyl (C=O) groups is 1. The van der Waals surface area contributed by atoms with Gasteiger partial charge in [0.05, 0.1) is 17.0 Å². The SMILES string of the molecule is Cc1cc([N+](=O)[O-])ccc1Sc1nc(CC(=O)O)cs1. The number of aryl methyl sites for hydroxylation is 1. The number of non-ortho nitro benzene ring substituents is 1. The van der Waals surface area contributed by atoms with Gasteiger partial charge < -0.3 is 5.11 Å². The fourth-order valence-corrected chi connectivity index (χ4v) is 3.38. The van der Waals surface area contributed by atoms with Crippen LogP contribution in [-0.4, -0.2) is 21.0 Å². The maximum absolute atomic E-state index is 10.7. The van der Waals surface area contributed by atoms with Gasteiger partial charge in [0.25, 0.3) is 5.69 Å². The largest absolute Gasteiger partial charge is 0.481 e. The normalized spacial score (nSPS) is 10.4. The lowest BCUT2D eigenvalue weighted by atomic mass is 10.2. The molecule has 0 radical (unpaired) electrons. The van der Waals surface area contributed by atoms with Crippen LogP contribution in [0.4, 0.5) is 5.69 Å². The Kier molecular flexibility index (Phi) is 4.35. The van der Waals surface area contributed by atoms with Crippen LogP contribution in [0.25, 0.3) is 0 Å². The molecule has 0 aliphatic heterocycles. The molecule has 0 aliphatic rings. The predicted octanol–water partition coefficient (Wildman–Crippen LogP) is 3.14. The quantitative estimate of drug-likeness (QED) is 0.673. The summed E-state index contributed by atoms with van der Waals surface area (Å²) >= 11 is 2.73. The Labute approximate surface area is 122 Å². The molecular weight excluding hydrogens is 300 g/mol. The van der Waals surface area contributed by atoms with Crippen LogP contribution in [0.1, 0.15) is 11.3 Å². The Morgan fingerprint density at radius 1 is 1.55 bits per heavy atom. The molecule has 20 heavy (non-hydrogen) atoms. The minimum atomic E-state index is -0.918. The fourth-order valence-electron chi connectivity index (χ4n) is 1.53. The van der Waals surface area contributed by atoms with Crippen molar-refractivity contribution in [1.82, 2.24) is 4.98 Å². The number of thiazole rings is 1. The van der Waals surface area contributed by atoms with Gasteiger partial charge in [0.15, 0.2) is 4.34 Å². The third-order valence-corrected chi connectivity index (χ3v) is 4.60. The van der Waals surface area contributed by atoms with Gasteiger partial charge in [0.1, 0.15) is 0 Å². The maximum Gasteiger partial charge on any atom is 0.309 e. The first-order valence-electron chi connectivity index (χ1n) is 5.55. The van der Waals surface area contributed by atoms with E-state index in [2.05, 4.69) is 4.98 Å². The number of rotatable bonds is 5. The number of nitro groups is 1. The van der Waals surface area contributed by atoms with Crippen LogP contribution in [0, 0.1) is 17.0 Å². The van der Waals surface area contributed by atoms with Gasteiger partial charge in [0, 0.05) is 22.4 Å². The zero-order valence-electron chi connectivity index (χ0n) is 10.4. The van der Waals surface area contributed by atoms with Crippen LogP contribution < -0.4 is 0 Å². The van der Waals surface area contributed by atoms with E-state index in [1.165, 1.54) is 35.2 Å². The summed E-state index contributed by atoms with van der Waals surface area (Å²) in [6, 6.07) is 4.63. The van der Waals surface area contributed by atoms with Crippen LogP contribution in [0.2, 0.25) is 0 Å². The zero-order valence-corrected chi connectivity index (χ0v) is 12.0. The molecule has 104 valence electrons. The molecule has 0 atom stereocenters. The second kappa shape index (κ2) is 6.02. The van der Waals surface area contributed by atoms with Gasteiger partial charge >= 0.3 is 5.97 Å². The molecule has 0 unspecified atom stereocenters. The van der Waals surface area contributed by atoms with E-state index in [0.29, 0.717) is 5.69 Å². The molecule has 0 saturated carbocycles. The number of nitrogens with zero attached hydrogens (tertiary/aromatic N) is 2. The van der Waals surface area contributed by atoms with Crippen LogP contribution in [-0.2, 0) is 11.2 Å². The fraction of sp³-hybridized carbons (Fsp3) is 0.167. The zero-order chi connectivity index (χ0) is 14.7. The van der Waals surface area contributed by atoms with E-state index in [-0.39, 0.29) is 12.1 Å². The van der Waals surface area contributed by atoms with Gasteiger partial charge in [-0.05, 0) is 18.6 Å². The topological polar surface area (TPSA) is 93.3 Å². The third-order valence-electron chi connectivity index (χ3n) is 2.43. The van der Waals surface area contributed by atoms with Crippen molar-refractivity contribution in [2.45, 2.75) is 22.6 Å². The number of carboxylic acid groups (broad SMARTS) is 1. The molecule has 2 rings (SSSR count). The number of aromatic nitrogens is 1. The molecule has 0 amide bonds. The van der Waals surface area contributed by atoms with Gasteiger partial charge in [0.2, 0.25) is 0 Å². The number of nitro benzene ring substituents is 1. The summed E-state index contributed by atoms with van der Waals surface area (Å²) in [4.78, 5) is 25.9. The molecule has 1 N–H and O–H groups in total. The lowest BCUT2D eigenvalue weighted by Gasteiger charge is -2.02. The summed E-state index contributed by atoms with van der Waals surface area (Å²) in [5.74, 6) is -0.918. The molecular formula is C12H10N2O4S2. The average Bonchev–Trinajstić information content (AvgIpc) is 2.78. The van der Waals surface area contributed by atoms with Crippen molar-refractivity contribution in [2.24, 2.45) is 0 Å². The van der Waals surface area contributed by atoms with Crippen molar-refractivity contribution >= 4 is 34.8 Å². The molecule has 0 saturated heterocycles. The summed E-state index contributed by atoms with van der Waals surface area (Å²) in [5, 5.41) is 21.1. The average molecular weight is 310 g/mol. The Bertz CT molecular complexity index is 669. The summed E-state index contributed by atoms with van der Waals surface area (Å²) in [6.45, 7) is 1.79. The van der Waals surface area contributed by atoms with E-state index < -0.39 is 10.9 Å². The van der Waals surface area contributed by atoms with Gasteiger partial charge in [-0.1, -0.05) is 11.8 Å². The highest BCUT2D eigenvalue weighted by molar-refractivity contribution is 8.01. The number of hydrogen-bond donors (Lipinski definition) is 1. The predicted molar refractivity (Wildman–Crippen MR) is 75.4 cm³/mol. The smallest absolute Gasteiger partial charge is 0.309 e. The Morgan fingerprint density at radius 2 is 2.30 bits per heavy atom. The van der Waals surface area contributed by atoms with Crippen molar-refractivity contribution in [3.05, 3.63) is 45.0 Å². The maximum atomic E-state index is 10.7. The first-order chi connectivity index (χ1) is 9.45. The number of carboxylic acids is 1. The molecule has 1 aromatic heterocycles. The van der Waals surface area contributed by atoms with E-state index in [1.54, 1.807) is 18.4 Å². The highest BCUT2D eigenvalue weighted by atomic mass is 32.2. The minimum absolute atomic E-state index is 0.0533. The monoisotopic (exact) mass is 310 g/mol. The Morgan fingerprint density at radius 3 is 2.90 bits per heavy atom. The molecule has 6 nitrogen and oxygen atoms in total. The molecule has 2 aromatic rings. The summed E-state index contributed by atoms with van der Waals surface area (Å²) < 4.78 is 0.721. The number of benzene rings is 1. The van der Waals surface area contributed by atoms with Crippen LogP contribution in [0.15, 0.2) is 32.8 Å². The van der Waals surface area contributed by atoms with Gasteiger partial charge in [-0.25, -0.2) is 4.98 Å². The lowest BCUT2D eigenvalue weighted by molar-refractivity contribution is -0.385. The van der Waals surface area contributed by atoms with E-state index in [0.717, 1.165) is 14.8 Å². The molecule has 0 aliphatic carbocycles.